The minimum absolute atomic E-state index is 0.0353. The molecule has 5 heteroatoms. The topological polar surface area (TPSA) is 74.6 Å². The van der Waals surface area contributed by atoms with E-state index in [4.69, 9.17) is 0 Å². The van der Waals surface area contributed by atoms with Gasteiger partial charge in [0.15, 0.2) is 0 Å². The summed E-state index contributed by atoms with van der Waals surface area (Å²) >= 11 is 0. The van der Waals surface area contributed by atoms with Gasteiger partial charge in [-0.2, -0.15) is 0 Å². The second-order valence-electron chi connectivity index (χ2n) is 5.67. The first kappa shape index (κ1) is 14.5. The number of pyridine rings is 1. The molecule has 2 N–H and O–H groups in total. The van der Waals surface area contributed by atoms with Crippen molar-refractivity contribution >= 4 is 34.4 Å². The van der Waals surface area contributed by atoms with Gasteiger partial charge >= 0.3 is 0 Å². The predicted molar refractivity (Wildman–Crippen MR) is 93.6 cm³/mol. The molecule has 24 heavy (non-hydrogen) atoms. The molecular weight excluding hydrogens is 302 g/mol. The molecule has 1 atom stereocenters. The summed E-state index contributed by atoms with van der Waals surface area (Å²) in [6, 6.07) is 14.9. The normalized spacial score (nSPS) is 16.5. The van der Waals surface area contributed by atoms with E-state index in [1.54, 1.807) is 18.5 Å². The number of anilines is 1. The standard InChI is InChI=1S/C19H15N3O2/c23-11-12-3-1-4-13(9-12)21-10-15-18-14-5-2-8-20-16(14)6-7-17(18)22-19(15)24/h1-10,15,23H,11H2,(H,22,24). The number of rotatable bonds is 3. The molecule has 5 nitrogen and oxygen atoms in total. The van der Waals surface area contributed by atoms with Gasteiger partial charge in [0, 0.05) is 29.0 Å². The molecule has 0 fully saturated rings. The first-order valence-corrected chi connectivity index (χ1v) is 7.69. The van der Waals surface area contributed by atoms with Crippen LogP contribution >= 0.6 is 0 Å². The van der Waals surface area contributed by atoms with E-state index in [2.05, 4.69) is 15.3 Å². The van der Waals surface area contributed by atoms with Crippen LogP contribution in [0.3, 0.4) is 0 Å². The third-order valence-corrected chi connectivity index (χ3v) is 4.14. The highest BCUT2D eigenvalue weighted by Gasteiger charge is 2.31. The Hall–Kier alpha value is -3.05. The van der Waals surface area contributed by atoms with Gasteiger partial charge in [0.2, 0.25) is 5.91 Å². The third-order valence-electron chi connectivity index (χ3n) is 4.14. The molecule has 0 bridgehead atoms. The lowest BCUT2D eigenvalue weighted by Crippen LogP contribution is -2.13. The lowest BCUT2D eigenvalue weighted by Gasteiger charge is -2.07. The summed E-state index contributed by atoms with van der Waals surface area (Å²) in [5.74, 6) is -0.547. The second kappa shape index (κ2) is 5.86. The van der Waals surface area contributed by atoms with Crippen molar-refractivity contribution in [2.45, 2.75) is 12.5 Å². The number of nitrogens with one attached hydrogen (secondary N) is 1. The van der Waals surface area contributed by atoms with Gasteiger partial charge in [-0.05, 0) is 35.9 Å². The number of hydrogen-bond acceptors (Lipinski definition) is 4. The summed E-state index contributed by atoms with van der Waals surface area (Å²) in [5.41, 5.74) is 4.07. The van der Waals surface area contributed by atoms with Crippen molar-refractivity contribution in [3.05, 3.63) is 65.9 Å². The fourth-order valence-corrected chi connectivity index (χ4v) is 3.00. The number of aliphatic hydroxyl groups is 1. The molecular formula is C19H15N3O2. The Morgan fingerprint density at radius 3 is 3.00 bits per heavy atom. The zero-order valence-electron chi connectivity index (χ0n) is 12.8. The van der Waals surface area contributed by atoms with E-state index >= 15 is 0 Å². The molecule has 0 spiro atoms. The van der Waals surface area contributed by atoms with Crippen LogP contribution in [0, 0.1) is 0 Å². The van der Waals surface area contributed by atoms with E-state index in [0.717, 1.165) is 27.7 Å². The number of aromatic nitrogens is 1. The second-order valence-corrected chi connectivity index (χ2v) is 5.67. The Bertz CT molecular complexity index is 966. The third kappa shape index (κ3) is 2.45. The van der Waals surface area contributed by atoms with Crippen LogP contribution in [-0.4, -0.2) is 22.2 Å². The Morgan fingerprint density at radius 2 is 2.12 bits per heavy atom. The highest BCUT2D eigenvalue weighted by molar-refractivity contribution is 6.16. The van der Waals surface area contributed by atoms with Gasteiger partial charge in [-0.25, -0.2) is 0 Å². The van der Waals surface area contributed by atoms with Gasteiger partial charge in [0.05, 0.1) is 17.8 Å². The fraction of sp³-hybridized carbons (Fsp3) is 0.105. The highest BCUT2D eigenvalue weighted by atomic mass is 16.3. The molecule has 4 rings (SSSR count). The van der Waals surface area contributed by atoms with Crippen LogP contribution in [0.1, 0.15) is 17.0 Å². The van der Waals surface area contributed by atoms with E-state index in [9.17, 15) is 9.90 Å². The van der Waals surface area contributed by atoms with Gasteiger partial charge < -0.3 is 10.4 Å². The van der Waals surface area contributed by atoms with E-state index in [0.29, 0.717) is 5.69 Å². The Balaban J connectivity index is 1.76. The SMILES string of the molecule is O=C1Nc2ccc3ncccc3c2C1C=Nc1cccc(CO)c1. The quantitative estimate of drug-likeness (QED) is 0.729. The van der Waals surface area contributed by atoms with Crippen LogP contribution < -0.4 is 5.32 Å². The summed E-state index contributed by atoms with van der Waals surface area (Å²) in [5, 5.41) is 13.1. The molecule has 1 aliphatic heterocycles. The first-order valence-electron chi connectivity index (χ1n) is 7.69. The molecule has 0 aliphatic carbocycles. The number of aliphatic hydroxyl groups excluding tert-OH is 1. The van der Waals surface area contributed by atoms with Crippen molar-refractivity contribution in [1.82, 2.24) is 4.98 Å². The Kier molecular flexibility index (Phi) is 3.55. The number of hydrogen-bond donors (Lipinski definition) is 2. The van der Waals surface area contributed by atoms with Crippen molar-refractivity contribution in [2.24, 2.45) is 4.99 Å². The number of aliphatic imine (C=N–C) groups is 1. The summed E-state index contributed by atoms with van der Waals surface area (Å²) in [7, 11) is 0. The van der Waals surface area contributed by atoms with Crippen molar-refractivity contribution in [3.8, 4) is 0 Å². The van der Waals surface area contributed by atoms with Crippen LogP contribution in [-0.2, 0) is 11.4 Å². The lowest BCUT2D eigenvalue weighted by atomic mass is 9.97. The Labute approximate surface area is 138 Å². The lowest BCUT2D eigenvalue weighted by molar-refractivity contribution is -0.115. The van der Waals surface area contributed by atoms with E-state index < -0.39 is 5.92 Å². The summed E-state index contributed by atoms with van der Waals surface area (Å²) in [6.07, 6.45) is 3.40. The van der Waals surface area contributed by atoms with E-state index in [1.165, 1.54) is 0 Å². The average molecular weight is 317 g/mol. The minimum atomic E-state index is -0.453. The molecule has 118 valence electrons. The van der Waals surface area contributed by atoms with Crippen LogP contribution in [0.15, 0.2) is 59.7 Å². The fourth-order valence-electron chi connectivity index (χ4n) is 3.00. The zero-order valence-corrected chi connectivity index (χ0v) is 12.8. The molecule has 1 amide bonds. The molecule has 2 aromatic carbocycles. The largest absolute Gasteiger partial charge is 0.392 e. The molecule has 2 heterocycles. The van der Waals surface area contributed by atoms with Gasteiger partial charge in [0.25, 0.3) is 0 Å². The number of amides is 1. The predicted octanol–water partition coefficient (Wildman–Crippen LogP) is 3.17. The molecule has 0 saturated carbocycles. The molecule has 0 radical (unpaired) electrons. The molecule has 0 saturated heterocycles. The van der Waals surface area contributed by atoms with Crippen LogP contribution in [0.4, 0.5) is 11.4 Å². The van der Waals surface area contributed by atoms with Gasteiger partial charge in [-0.3, -0.25) is 14.8 Å². The number of benzene rings is 2. The van der Waals surface area contributed by atoms with Gasteiger partial charge in [-0.15, -0.1) is 0 Å². The average Bonchev–Trinajstić information content (AvgIpc) is 2.96. The molecule has 3 aromatic rings. The number of fused-ring (bicyclic) bond motifs is 3. The number of carbonyl (C=O) groups is 1. The maximum absolute atomic E-state index is 12.4. The molecule has 1 aromatic heterocycles. The summed E-state index contributed by atoms with van der Waals surface area (Å²) < 4.78 is 0. The first-order chi connectivity index (χ1) is 11.8. The maximum Gasteiger partial charge on any atom is 0.237 e. The summed E-state index contributed by atoms with van der Waals surface area (Å²) in [4.78, 5) is 21.1. The number of nitrogens with zero attached hydrogens (tertiary/aromatic N) is 2. The monoisotopic (exact) mass is 317 g/mol. The van der Waals surface area contributed by atoms with Crippen molar-refractivity contribution < 1.29 is 9.90 Å². The van der Waals surface area contributed by atoms with Crippen molar-refractivity contribution in [3.63, 3.8) is 0 Å². The molecule has 1 unspecified atom stereocenters. The molecule has 1 aliphatic rings. The van der Waals surface area contributed by atoms with Crippen LogP contribution in [0.2, 0.25) is 0 Å². The smallest absolute Gasteiger partial charge is 0.237 e. The Morgan fingerprint density at radius 1 is 1.21 bits per heavy atom. The van der Waals surface area contributed by atoms with Crippen LogP contribution in [0.25, 0.3) is 10.9 Å². The summed E-state index contributed by atoms with van der Waals surface area (Å²) in [6.45, 7) is -0.0353. The zero-order chi connectivity index (χ0) is 16.5. The van der Waals surface area contributed by atoms with E-state index in [-0.39, 0.29) is 12.5 Å². The maximum atomic E-state index is 12.4. The van der Waals surface area contributed by atoms with Gasteiger partial charge in [-0.1, -0.05) is 18.2 Å². The van der Waals surface area contributed by atoms with Crippen molar-refractivity contribution in [1.29, 1.82) is 0 Å². The highest BCUT2D eigenvalue weighted by Crippen LogP contribution is 2.37. The van der Waals surface area contributed by atoms with Gasteiger partial charge in [0.1, 0.15) is 5.92 Å². The number of carbonyl (C=O) groups excluding carboxylic acids is 1. The van der Waals surface area contributed by atoms with E-state index in [1.807, 2.05) is 42.5 Å². The van der Waals surface area contributed by atoms with Crippen molar-refractivity contribution in [2.75, 3.05) is 5.32 Å². The van der Waals surface area contributed by atoms with Crippen LogP contribution in [0.5, 0.6) is 0 Å². The minimum Gasteiger partial charge on any atom is -0.392 e.